The van der Waals surface area contributed by atoms with E-state index in [2.05, 4.69) is 0 Å². The van der Waals surface area contributed by atoms with E-state index in [-0.39, 0.29) is 5.69 Å². The van der Waals surface area contributed by atoms with E-state index in [9.17, 15) is 16.8 Å². The van der Waals surface area contributed by atoms with Crippen molar-refractivity contribution in [2.24, 2.45) is 10.3 Å². The average molecular weight is 320 g/mol. The zero-order valence-electron chi connectivity index (χ0n) is 8.04. The number of hydrogen-bond donors (Lipinski definition) is 2. The van der Waals surface area contributed by atoms with Crippen LogP contribution in [0.1, 0.15) is 0 Å². The summed E-state index contributed by atoms with van der Waals surface area (Å²) in [4.78, 5) is -0.963. The highest BCUT2D eigenvalue weighted by Gasteiger charge is 2.21. The van der Waals surface area contributed by atoms with Crippen LogP contribution in [0.15, 0.2) is 28.0 Å². The van der Waals surface area contributed by atoms with Crippen molar-refractivity contribution in [2.45, 2.75) is 9.79 Å². The van der Waals surface area contributed by atoms with E-state index in [1.165, 1.54) is 0 Å². The lowest BCUT2D eigenvalue weighted by Gasteiger charge is -2.11. The molecule has 7 nitrogen and oxygen atoms in total. The summed E-state index contributed by atoms with van der Waals surface area (Å²) >= 11 is 10.8. The molecule has 96 valence electrons. The van der Waals surface area contributed by atoms with E-state index in [4.69, 9.17) is 33.8 Å². The SMILES string of the molecule is NS(=O)(=O)c1ccc(N(Cl)Cl)c(S(N)(=O)=O)c1. The lowest BCUT2D eigenvalue weighted by Crippen LogP contribution is -2.18. The summed E-state index contributed by atoms with van der Waals surface area (Å²) in [5, 5.41) is 9.75. The van der Waals surface area contributed by atoms with Crippen LogP contribution in [-0.2, 0) is 20.0 Å². The van der Waals surface area contributed by atoms with Gasteiger partial charge < -0.3 is 0 Å². The maximum atomic E-state index is 11.2. The molecule has 0 aliphatic rings. The number of halogens is 2. The van der Waals surface area contributed by atoms with E-state index < -0.39 is 29.8 Å². The van der Waals surface area contributed by atoms with Crippen molar-refractivity contribution in [2.75, 3.05) is 3.94 Å². The molecule has 1 aromatic carbocycles. The minimum Gasteiger partial charge on any atom is -0.225 e. The van der Waals surface area contributed by atoms with E-state index in [1.54, 1.807) is 0 Å². The number of nitrogens with zero attached hydrogens (tertiary/aromatic N) is 1. The standard InChI is InChI=1S/C6H7Cl2N3O4S2/c7-11(8)5-2-1-4(16(9,12)13)3-6(5)17(10,14)15/h1-3H,(H2,9,12,13)(H2,10,14,15). The Morgan fingerprint density at radius 1 is 1.00 bits per heavy atom. The van der Waals surface area contributed by atoms with Crippen LogP contribution < -0.4 is 14.2 Å². The summed E-state index contributed by atoms with van der Waals surface area (Å²) in [6.07, 6.45) is 0. The maximum absolute atomic E-state index is 11.2. The first-order chi connectivity index (χ1) is 7.53. The third-order valence-electron chi connectivity index (χ3n) is 1.75. The van der Waals surface area contributed by atoms with Gasteiger partial charge in [-0.2, -0.15) is 3.94 Å². The van der Waals surface area contributed by atoms with Gasteiger partial charge in [0, 0.05) is 23.6 Å². The van der Waals surface area contributed by atoms with Gasteiger partial charge in [-0.15, -0.1) is 0 Å². The second kappa shape index (κ2) is 4.59. The zero-order chi connectivity index (χ0) is 13.4. The second-order valence-electron chi connectivity index (χ2n) is 2.95. The van der Waals surface area contributed by atoms with E-state index in [0.29, 0.717) is 3.94 Å². The summed E-state index contributed by atoms with van der Waals surface area (Å²) < 4.78 is 45.0. The summed E-state index contributed by atoms with van der Waals surface area (Å²) in [6, 6.07) is 2.90. The molecule has 0 unspecified atom stereocenters. The number of primary sulfonamides is 2. The second-order valence-corrected chi connectivity index (χ2v) is 6.89. The highest BCUT2D eigenvalue weighted by Crippen LogP contribution is 2.29. The van der Waals surface area contributed by atoms with Gasteiger partial charge in [0.15, 0.2) is 0 Å². The lowest BCUT2D eigenvalue weighted by molar-refractivity contribution is 0.596. The Labute approximate surface area is 108 Å². The first-order valence-electron chi connectivity index (χ1n) is 3.85. The number of sulfonamides is 2. The van der Waals surface area contributed by atoms with Gasteiger partial charge in [-0.3, -0.25) is 0 Å². The van der Waals surface area contributed by atoms with Crippen molar-refractivity contribution >= 4 is 49.3 Å². The Morgan fingerprint density at radius 2 is 1.53 bits per heavy atom. The number of hydrogen-bond acceptors (Lipinski definition) is 5. The van der Waals surface area contributed by atoms with Crippen molar-refractivity contribution in [3.05, 3.63) is 18.2 Å². The largest absolute Gasteiger partial charge is 0.240 e. The molecule has 11 heteroatoms. The van der Waals surface area contributed by atoms with Crippen LogP contribution in [0.2, 0.25) is 0 Å². The molecule has 1 aromatic rings. The Morgan fingerprint density at radius 3 is 1.88 bits per heavy atom. The van der Waals surface area contributed by atoms with Crippen molar-refractivity contribution in [1.29, 1.82) is 0 Å². The molecule has 1 rings (SSSR count). The van der Waals surface area contributed by atoms with Crippen molar-refractivity contribution in [1.82, 2.24) is 0 Å². The highest BCUT2D eigenvalue weighted by molar-refractivity contribution is 7.90. The van der Waals surface area contributed by atoms with Gasteiger partial charge >= 0.3 is 0 Å². The van der Waals surface area contributed by atoms with Gasteiger partial charge in [-0.05, 0) is 18.2 Å². The van der Waals surface area contributed by atoms with Gasteiger partial charge in [0.05, 0.1) is 10.6 Å². The van der Waals surface area contributed by atoms with Crippen molar-refractivity contribution < 1.29 is 16.8 Å². The van der Waals surface area contributed by atoms with E-state index in [0.717, 1.165) is 18.2 Å². The molecule has 0 saturated carbocycles. The smallest absolute Gasteiger partial charge is 0.225 e. The molecule has 0 saturated heterocycles. The fraction of sp³-hybridized carbons (Fsp3) is 0. The zero-order valence-corrected chi connectivity index (χ0v) is 11.2. The van der Waals surface area contributed by atoms with Gasteiger partial charge in [0.25, 0.3) is 0 Å². The van der Waals surface area contributed by atoms with Gasteiger partial charge in [-0.1, -0.05) is 0 Å². The van der Waals surface area contributed by atoms with Crippen LogP contribution in [0.4, 0.5) is 5.69 Å². The van der Waals surface area contributed by atoms with Crippen LogP contribution >= 0.6 is 23.6 Å². The number of anilines is 1. The lowest BCUT2D eigenvalue weighted by atomic mass is 10.3. The first-order valence-corrected chi connectivity index (χ1v) is 7.61. The number of benzene rings is 1. The number of nitrogens with two attached hydrogens (primary N) is 2. The van der Waals surface area contributed by atoms with Crippen LogP contribution in [-0.4, -0.2) is 16.8 Å². The van der Waals surface area contributed by atoms with Crippen LogP contribution in [0.5, 0.6) is 0 Å². The molecule has 0 aliphatic heterocycles. The maximum Gasteiger partial charge on any atom is 0.240 e. The quantitative estimate of drug-likeness (QED) is 0.764. The van der Waals surface area contributed by atoms with Gasteiger partial charge in [0.2, 0.25) is 20.0 Å². The van der Waals surface area contributed by atoms with Crippen LogP contribution in [0.3, 0.4) is 0 Å². The summed E-state index contributed by atoms with van der Waals surface area (Å²) in [5.74, 6) is 0. The summed E-state index contributed by atoms with van der Waals surface area (Å²) in [7, 11) is -8.24. The molecular formula is C6H7Cl2N3O4S2. The third-order valence-corrected chi connectivity index (χ3v) is 3.96. The Kier molecular flexibility index (Phi) is 3.91. The molecule has 0 spiro atoms. The number of rotatable bonds is 3. The fourth-order valence-electron chi connectivity index (χ4n) is 1.04. The van der Waals surface area contributed by atoms with Crippen LogP contribution in [0.25, 0.3) is 0 Å². The summed E-state index contributed by atoms with van der Waals surface area (Å²) in [6.45, 7) is 0. The van der Waals surface area contributed by atoms with E-state index in [1.807, 2.05) is 0 Å². The molecule has 4 N–H and O–H groups in total. The van der Waals surface area contributed by atoms with Crippen molar-refractivity contribution in [3.8, 4) is 0 Å². The Balaban J connectivity index is 3.63. The van der Waals surface area contributed by atoms with Gasteiger partial charge in [0.1, 0.15) is 4.90 Å². The monoisotopic (exact) mass is 319 g/mol. The predicted octanol–water partition coefficient (Wildman–Crippen LogP) is 0.0954. The first kappa shape index (κ1) is 14.5. The van der Waals surface area contributed by atoms with Crippen LogP contribution in [0, 0.1) is 0 Å². The molecule has 0 aromatic heterocycles. The molecule has 0 aliphatic carbocycles. The van der Waals surface area contributed by atoms with Crippen molar-refractivity contribution in [3.63, 3.8) is 0 Å². The normalized spacial score (nSPS) is 12.5. The average Bonchev–Trinajstić information content (AvgIpc) is 2.14. The Bertz CT molecular complexity index is 641. The predicted molar refractivity (Wildman–Crippen MR) is 63.4 cm³/mol. The minimum absolute atomic E-state index is 0.178. The molecule has 0 fully saturated rings. The Hall–Kier alpha value is -0.580. The van der Waals surface area contributed by atoms with E-state index >= 15 is 0 Å². The minimum atomic E-state index is -4.19. The molecular weight excluding hydrogens is 313 g/mol. The topological polar surface area (TPSA) is 124 Å². The molecule has 17 heavy (non-hydrogen) atoms. The van der Waals surface area contributed by atoms with Gasteiger partial charge in [-0.25, -0.2) is 27.1 Å². The molecule has 0 atom stereocenters. The third kappa shape index (κ3) is 3.44. The molecule has 0 amide bonds. The molecule has 0 bridgehead atoms. The summed E-state index contributed by atoms with van der Waals surface area (Å²) in [5.41, 5.74) is -0.178. The molecule has 0 heterocycles. The fourth-order valence-corrected chi connectivity index (χ4v) is 2.79. The highest BCUT2D eigenvalue weighted by atomic mass is 35.5. The molecule has 0 radical (unpaired) electrons.